The highest BCUT2D eigenvalue weighted by molar-refractivity contribution is 5.42. The van der Waals surface area contributed by atoms with Gasteiger partial charge in [0.15, 0.2) is 0 Å². The Morgan fingerprint density at radius 3 is 2.94 bits per heavy atom. The van der Waals surface area contributed by atoms with Gasteiger partial charge in [-0.15, -0.1) is 0 Å². The zero-order valence-electron chi connectivity index (χ0n) is 8.81. The second-order valence-corrected chi connectivity index (χ2v) is 3.93. The van der Waals surface area contributed by atoms with Crippen LogP contribution < -0.4 is 10.6 Å². The molecule has 0 amide bonds. The smallest absolute Gasteiger partial charge is 0.133 e. The monoisotopic (exact) mass is 220 g/mol. The van der Waals surface area contributed by atoms with E-state index in [9.17, 15) is 4.39 Å². The van der Waals surface area contributed by atoms with Gasteiger partial charge in [0.2, 0.25) is 0 Å². The number of pyridine rings is 1. The molecule has 2 atom stereocenters. The largest absolute Gasteiger partial charge is 0.354 e. The van der Waals surface area contributed by atoms with Crippen molar-refractivity contribution in [3.8, 4) is 6.07 Å². The third-order valence-electron chi connectivity index (χ3n) is 2.79. The van der Waals surface area contributed by atoms with Gasteiger partial charge in [-0.1, -0.05) is 0 Å². The standard InChI is InChI=1S/C11H13FN4/c12-9-7-16(4-3-10(9)14)11-2-1-8(5-13)6-15-11/h1-2,6,9-10H,3-4,7,14H2/t9-,10+/m0/s1. The van der Waals surface area contributed by atoms with Crippen molar-refractivity contribution >= 4 is 5.82 Å². The van der Waals surface area contributed by atoms with Crippen molar-refractivity contribution in [2.24, 2.45) is 5.73 Å². The number of piperidine rings is 1. The average Bonchev–Trinajstić information content (AvgIpc) is 2.33. The normalized spacial score (nSPS) is 25.2. The first-order valence-corrected chi connectivity index (χ1v) is 5.21. The third kappa shape index (κ3) is 2.12. The van der Waals surface area contributed by atoms with Crippen LogP contribution in [0, 0.1) is 11.3 Å². The SMILES string of the molecule is N#Cc1ccc(N2CC[C@@H](N)[C@@H](F)C2)nc1. The molecule has 2 N–H and O–H groups in total. The number of aromatic nitrogens is 1. The van der Waals surface area contributed by atoms with E-state index < -0.39 is 6.17 Å². The summed E-state index contributed by atoms with van der Waals surface area (Å²) in [5.74, 6) is 0.702. The summed E-state index contributed by atoms with van der Waals surface area (Å²) < 4.78 is 13.4. The summed E-state index contributed by atoms with van der Waals surface area (Å²) in [6, 6.07) is 5.05. The summed E-state index contributed by atoms with van der Waals surface area (Å²) >= 11 is 0. The van der Waals surface area contributed by atoms with Crippen LogP contribution in [-0.4, -0.2) is 30.3 Å². The summed E-state index contributed by atoms with van der Waals surface area (Å²) in [5, 5.41) is 8.64. The van der Waals surface area contributed by atoms with E-state index in [2.05, 4.69) is 4.98 Å². The highest BCUT2D eigenvalue weighted by atomic mass is 19.1. The number of rotatable bonds is 1. The molecule has 4 nitrogen and oxygen atoms in total. The number of nitriles is 1. The fraction of sp³-hybridized carbons (Fsp3) is 0.455. The summed E-state index contributed by atoms with van der Waals surface area (Å²) in [6.45, 7) is 0.987. The van der Waals surface area contributed by atoms with E-state index in [4.69, 9.17) is 11.0 Å². The van der Waals surface area contributed by atoms with Gasteiger partial charge < -0.3 is 10.6 Å². The Morgan fingerprint density at radius 1 is 1.56 bits per heavy atom. The molecular formula is C11H13FN4. The average molecular weight is 220 g/mol. The molecule has 0 aromatic carbocycles. The maximum Gasteiger partial charge on any atom is 0.133 e. The molecule has 0 saturated carbocycles. The Hall–Kier alpha value is -1.67. The van der Waals surface area contributed by atoms with Crippen LogP contribution in [0.4, 0.5) is 10.2 Å². The fourth-order valence-corrected chi connectivity index (χ4v) is 1.77. The van der Waals surface area contributed by atoms with Crippen molar-refractivity contribution in [2.45, 2.75) is 18.6 Å². The minimum atomic E-state index is -1.01. The van der Waals surface area contributed by atoms with Crippen LogP contribution in [-0.2, 0) is 0 Å². The van der Waals surface area contributed by atoms with Crippen molar-refractivity contribution in [1.29, 1.82) is 5.26 Å². The Kier molecular flexibility index (Phi) is 3.02. The van der Waals surface area contributed by atoms with Crippen molar-refractivity contribution in [1.82, 2.24) is 4.98 Å². The zero-order valence-corrected chi connectivity index (χ0v) is 8.81. The fourth-order valence-electron chi connectivity index (χ4n) is 1.77. The molecule has 0 unspecified atom stereocenters. The highest BCUT2D eigenvalue weighted by Gasteiger charge is 2.26. The number of alkyl halides is 1. The number of halogens is 1. The molecule has 0 aliphatic carbocycles. The van der Waals surface area contributed by atoms with E-state index in [0.717, 1.165) is 0 Å². The first-order valence-electron chi connectivity index (χ1n) is 5.21. The molecule has 0 spiro atoms. The summed E-state index contributed by atoms with van der Waals surface area (Å²) in [4.78, 5) is 5.98. The molecule has 1 fully saturated rings. The van der Waals surface area contributed by atoms with Crippen LogP contribution in [0.25, 0.3) is 0 Å². The first kappa shape index (κ1) is 10.8. The van der Waals surface area contributed by atoms with Gasteiger partial charge in [0.1, 0.15) is 18.1 Å². The van der Waals surface area contributed by atoms with Gasteiger partial charge in [-0.05, 0) is 18.6 Å². The molecule has 5 heteroatoms. The third-order valence-corrected chi connectivity index (χ3v) is 2.79. The van der Waals surface area contributed by atoms with E-state index in [-0.39, 0.29) is 12.6 Å². The quantitative estimate of drug-likeness (QED) is 0.761. The lowest BCUT2D eigenvalue weighted by Crippen LogP contribution is -2.48. The Morgan fingerprint density at radius 2 is 2.38 bits per heavy atom. The van der Waals surface area contributed by atoms with Crippen molar-refractivity contribution < 1.29 is 4.39 Å². The van der Waals surface area contributed by atoms with Gasteiger partial charge in [-0.2, -0.15) is 5.26 Å². The maximum atomic E-state index is 13.4. The predicted octanol–water partition coefficient (Wildman–Crippen LogP) is 0.829. The van der Waals surface area contributed by atoms with Gasteiger partial charge in [-0.3, -0.25) is 0 Å². The lowest BCUT2D eigenvalue weighted by molar-refractivity contribution is 0.251. The molecule has 1 aliphatic rings. The second-order valence-electron chi connectivity index (χ2n) is 3.93. The van der Waals surface area contributed by atoms with Crippen LogP contribution in [0.3, 0.4) is 0 Å². The predicted molar refractivity (Wildman–Crippen MR) is 58.7 cm³/mol. The molecule has 2 rings (SSSR count). The number of anilines is 1. The molecule has 84 valence electrons. The molecule has 0 bridgehead atoms. The molecule has 16 heavy (non-hydrogen) atoms. The summed E-state index contributed by atoms with van der Waals surface area (Å²) in [5.41, 5.74) is 6.11. The van der Waals surface area contributed by atoms with E-state index >= 15 is 0 Å². The second kappa shape index (κ2) is 4.45. The highest BCUT2D eigenvalue weighted by Crippen LogP contribution is 2.18. The molecule has 1 aromatic heterocycles. The topological polar surface area (TPSA) is 65.9 Å². The van der Waals surface area contributed by atoms with Gasteiger partial charge in [-0.25, -0.2) is 9.37 Å². The van der Waals surface area contributed by atoms with Crippen molar-refractivity contribution in [3.63, 3.8) is 0 Å². The molecular weight excluding hydrogens is 207 g/mol. The van der Waals surface area contributed by atoms with Crippen LogP contribution in [0.5, 0.6) is 0 Å². The van der Waals surface area contributed by atoms with E-state index in [1.165, 1.54) is 6.20 Å². The molecule has 1 aliphatic heterocycles. The lowest BCUT2D eigenvalue weighted by Gasteiger charge is -2.33. The molecule has 1 saturated heterocycles. The minimum Gasteiger partial charge on any atom is -0.354 e. The summed E-state index contributed by atoms with van der Waals surface area (Å²) in [6.07, 6.45) is 1.12. The van der Waals surface area contributed by atoms with E-state index in [1.807, 2.05) is 11.0 Å². The number of nitrogens with two attached hydrogens (primary N) is 1. The maximum absolute atomic E-state index is 13.4. The number of hydrogen-bond donors (Lipinski definition) is 1. The van der Waals surface area contributed by atoms with Gasteiger partial charge in [0.25, 0.3) is 0 Å². The Bertz CT molecular complexity index is 397. The van der Waals surface area contributed by atoms with Crippen LogP contribution in [0.2, 0.25) is 0 Å². The molecule has 2 heterocycles. The lowest BCUT2D eigenvalue weighted by atomic mass is 10.0. The minimum absolute atomic E-state index is 0.278. The molecule has 0 radical (unpaired) electrons. The van der Waals surface area contributed by atoms with Gasteiger partial charge in [0, 0.05) is 18.8 Å². The zero-order chi connectivity index (χ0) is 11.5. The van der Waals surface area contributed by atoms with Crippen LogP contribution in [0.1, 0.15) is 12.0 Å². The Balaban J connectivity index is 2.10. The van der Waals surface area contributed by atoms with E-state index in [1.54, 1.807) is 12.1 Å². The van der Waals surface area contributed by atoms with Crippen LogP contribution in [0.15, 0.2) is 18.3 Å². The Labute approximate surface area is 93.5 Å². The van der Waals surface area contributed by atoms with Crippen LogP contribution >= 0.6 is 0 Å². The van der Waals surface area contributed by atoms with Gasteiger partial charge >= 0.3 is 0 Å². The van der Waals surface area contributed by atoms with Crippen molar-refractivity contribution in [2.75, 3.05) is 18.0 Å². The van der Waals surface area contributed by atoms with Crippen molar-refractivity contribution in [3.05, 3.63) is 23.9 Å². The van der Waals surface area contributed by atoms with Gasteiger partial charge in [0.05, 0.1) is 12.1 Å². The summed E-state index contributed by atoms with van der Waals surface area (Å²) in [7, 11) is 0. The first-order chi connectivity index (χ1) is 7.70. The number of nitrogens with zero attached hydrogens (tertiary/aromatic N) is 3. The van der Waals surface area contributed by atoms with E-state index in [0.29, 0.717) is 24.3 Å². The number of hydrogen-bond acceptors (Lipinski definition) is 4. The molecule has 1 aromatic rings.